The number of ether oxygens (including phenoxy) is 3. The van der Waals surface area contributed by atoms with E-state index in [9.17, 15) is 8.42 Å². The number of likely N-dealkylation sites (tertiary alicyclic amines) is 1. The highest BCUT2D eigenvalue weighted by atomic mass is 32.2. The van der Waals surface area contributed by atoms with Crippen molar-refractivity contribution in [1.29, 1.82) is 0 Å². The van der Waals surface area contributed by atoms with Crippen molar-refractivity contribution < 1.29 is 22.6 Å². The van der Waals surface area contributed by atoms with Gasteiger partial charge in [0.1, 0.15) is 29.6 Å². The summed E-state index contributed by atoms with van der Waals surface area (Å²) in [5, 5.41) is 7.21. The molecule has 0 saturated carbocycles. The molecule has 0 aromatic heterocycles. The van der Waals surface area contributed by atoms with Crippen molar-refractivity contribution in [3.8, 4) is 23.0 Å². The first-order valence-corrected chi connectivity index (χ1v) is 14.8. The normalized spacial score (nSPS) is 14.3. The number of nitrogens with zero attached hydrogens (tertiary/aromatic N) is 1. The first-order chi connectivity index (χ1) is 18.9. The quantitative estimate of drug-likeness (QED) is 0.273. The second kappa shape index (κ2) is 12.1. The van der Waals surface area contributed by atoms with Crippen LogP contribution in [0.5, 0.6) is 23.0 Å². The molecular formula is C31H34N2O5S. The lowest BCUT2D eigenvalue weighted by atomic mass is 9.99. The molecule has 0 spiro atoms. The zero-order chi connectivity index (χ0) is 27.2. The number of hydrogen-bond acceptors (Lipinski definition) is 6. The lowest BCUT2D eigenvalue weighted by Crippen LogP contribution is -2.33. The van der Waals surface area contributed by atoms with Gasteiger partial charge in [0.15, 0.2) is 0 Å². The number of methoxy groups -OCH3 is 1. The number of sulfonamides is 1. The van der Waals surface area contributed by atoms with Crippen LogP contribution in [0.3, 0.4) is 0 Å². The van der Waals surface area contributed by atoms with Gasteiger partial charge in [0.05, 0.1) is 12.0 Å². The minimum absolute atomic E-state index is 0.0894. The Morgan fingerprint density at radius 2 is 1.51 bits per heavy atom. The van der Waals surface area contributed by atoms with Gasteiger partial charge >= 0.3 is 0 Å². The summed E-state index contributed by atoms with van der Waals surface area (Å²) < 4.78 is 41.2. The molecule has 1 fully saturated rings. The van der Waals surface area contributed by atoms with Crippen LogP contribution < -0.4 is 19.3 Å². The van der Waals surface area contributed by atoms with E-state index in [0.29, 0.717) is 18.8 Å². The van der Waals surface area contributed by atoms with Gasteiger partial charge in [-0.2, -0.15) is 0 Å². The average Bonchev–Trinajstić information content (AvgIpc) is 2.95. The van der Waals surface area contributed by atoms with Crippen molar-refractivity contribution in [2.24, 2.45) is 5.14 Å². The van der Waals surface area contributed by atoms with Crippen molar-refractivity contribution >= 4 is 20.8 Å². The zero-order valence-electron chi connectivity index (χ0n) is 22.1. The van der Waals surface area contributed by atoms with E-state index < -0.39 is 10.0 Å². The maximum atomic E-state index is 11.6. The molecule has 39 heavy (non-hydrogen) atoms. The van der Waals surface area contributed by atoms with Crippen LogP contribution in [0.15, 0.2) is 83.8 Å². The van der Waals surface area contributed by atoms with Gasteiger partial charge in [-0.25, -0.2) is 13.6 Å². The number of rotatable bonds is 10. The molecule has 2 N–H and O–H groups in total. The lowest BCUT2D eigenvalue weighted by Gasteiger charge is -2.26. The summed E-state index contributed by atoms with van der Waals surface area (Å²) in [5.74, 6) is 3.03. The predicted octanol–water partition coefficient (Wildman–Crippen LogP) is 5.74. The Kier molecular flexibility index (Phi) is 8.35. The van der Waals surface area contributed by atoms with Crippen LogP contribution in [-0.2, 0) is 16.4 Å². The Labute approximate surface area is 230 Å². The fourth-order valence-electron chi connectivity index (χ4n) is 4.93. The molecule has 0 radical (unpaired) electrons. The summed E-state index contributed by atoms with van der Waals surface area (Å²) in [6.07, 6.45) is 4.43. The Hall–Kier alpha value is -3.59. The third-order valence-electron chi connectivity index (χ3n) is 7.07. The number of fused-ring (bicyclic) bond motifs is 1. The molecule has 204 valence electrons. The molecule has 1 aliphatic rings. The van der Waals surface area contributed by atoms with Crippen LogP contribution in [0.1, 0.15) is 30.4 Å². The van der Waals surface area contributed by atoms with E-state index in [4.69, 9.17) is 19.3 Å². The summed E-state index contributed by atoms with van der Waals surface area (Å²) in [4.78, 5) is 2.55. The second-order valence-electron chi connectivity index (χ2n) is 9.83. The number of benzene rings is 4. The molecule has 0 unspecified atom stereocenters. The van der Waals surface area contributed by atoms with Gasteiger partial charge < -0.3 is 14.2 Å². The van der Waals surface area contributed by atoms with Crippen LogP contribution in [0.25, 0.3) is 10.8 Å². The third kappa shape index (κ3) is 6.89. The van der Waals surface area contributed by atoms with E-state index in [2.05, 4.69) is 4.90 Å². The monoisotopic (exact) mass is 546 g/mol. The smallest absolute Gasteiger partial charge is 0.238 e. The second-order valence-corrected chi connectivity index (χ2v) is 11.4. The van der Waals surface area contributed by atoms with Gasteiger partial charge in [-0.05, 0) is 97.0 Å². The largest absolute Gasteiger partial charge is 0.497 e. The number of piperidine rings is 1. The molecule has 7 nitrogen and oxygen atoms in total. The molecule has 4 aromatic carbocycles. The van der Waals surface area contributed by atoms with Crippen molar-refractivity contribution in [2.45, 2.75) is 30.6 Å². The highest BCUT2D eigenvalue weighted by Crippen LogP contribution is 2.37. The first kappa shape index (κ1) is 27.0. The van der Waals surface area contributed by atoms with E-state index in [1.807, 2.05) is 54.6 Å². The van der Waals surface area contributed by atoms with Gasteiger partial charge in [0.25, 0.3) is 0 Å². The van der Waals surface area contributed by atoms with E-state index in [1.54, 1.807) is 19.2 Å². The maximum absolute atomic E-state index is 11.6. The van der Waals surface area contributed by atoms with Gasteiger partial charge in [0.2, 0.25) is 10.0 Å². The summed E-state index contributed by atoms with van der Waals surface area (Å²) in [6.45, 7) is 3.93. The van der Waals surface area contributed by atoms with E-state index in [-0.39, 0.29) is 4.90 Å². The molecular weight excluding hydrogens is 512 g/mol. The lowest BCUT2D eigenvalue weighted by molar-refractivity contribution is 0.183. The Balaban J connectivity index is 1.36. The number of hydrogen-bond donors (Lipinski definition) is 1. The first-order valence-electron chi connectivity index (χ1n) is 13.2. The van der Waals surface area contributed by atoms with Crippen LogP contribution in [-0.4, -0.2) is 46.7 Å². The summed E-state index contributed by atoms with van der Waals surface area (Å²) in [5.41, 5.74) is 1.91. The molecule has 4 aromatic rings. The van der Waals surface area contributed by atoms with Gasteiger partial charge in [-0.3, -0.25) is 4.90 Å². The van der Waals surface area contributed by atoms with Crippen LogP contribution in [0.4, 0.5) is 0 Å². The third-order valence-corrected chi connectivity index (χ3v) is 8.00. The summed E-state index contributed by atoms with van der Waals surface area (Å²) >= 11 is 0. The summed E-state index contributed by atoms with van der Waals surface area (Å²) in [6, 6.07) is 24.3. The fourth-order valence-corrected chi connectivity index (χ4v) is 5.44. The fraction of sp³-hybridized carbons (Fsp3) is 0.290. The topological polar surface area (TPSA) is 91.1 Å². The summed E-state index contributed by atoms with van der Waals surface area (Å²) in [7, 11) is -2.09. The molecule has 0 aliphatic carbocycles. The SMILES string of the molecule is COc1ccc2c(Oc3ccc(OCCN4CCCCC4)cc3)c(Cc3ccc(S(N)(=O)=O)cc3)ccc2c1. The van der Waals surface area contributed by atoms with Gasteiger partial charge in [-0.15, -0.1) is 0 Å². The van der Waals surface area contributed by atoms with Crippen molar-refractivity contribution in [1.82, 2.24) is 4.90 Å². The standard InChI is InChI=1S/C31H34N2O5S/c1-36-28-13-16-30-24(22-28)7-8-25(21-23-5-14-29(15-6-23)39(32,34)35)31(30)38-27-11-9-26(10-12-27)37-20-19-33-17-3-2-4-18-33/h5-16,22H,2-4,17-21H2,1H3,(H2,32,34,35). The van der Waals surface area contributed by atoms with Crippen molar-refractivity contribution in [2.75, 3.05) is 33.4 Å². The number of nitrogens with two attached hydrogens (primary N) is 1. The molecule has 0 atom stereocenters. The van der Waals surface area contributed by atoms with E-state index in [0.717, 1.165) is 58.8 Å². The predicted molar refractivity (Wildman–Crippen MR) is 153 cm³/mol. The van der Waals surface area contributed by atoms with E-state index >= 15 is 0 Å². The Morgan fingerprint density at radius 3 is 2.21 bits per heavy atom. The van der Waals surface area contributed by atoms with Crippen LogP contribution in [0.2, 0.25) is 0 Å². The molecule has 1 heterocycles. The van der Waals surface area contributed by atoms with Crippen LogP contribution >= 0.6 is 0 Å². The molecule has 5 rings (SSSR count). The molecule has 0 amide bonds. The highest BCUT2D eigenvalue weighted by molar-refractivity contribution is 7.89. The minimum Gasteiger partial charge on any atom is -0.497 e. The van der Waals surface area contributed by atoms with Crippen molar-refractivity contribution in [3.05, 3.63) is 90.0 Å². The highest BCUT2D eigenvalue weighted by Gasteiger charge is 2.14. The molecule has 0 bridgehead atoms. The maximum Gasteiger partial charge on any atom is 0.238 e. The van der Waals surface area contributed by atoms with Gasteiger partial charge in [0, 0.05) is 18.4 Å². The molecule has 1 aliphatic heterocycles. The molecule has 1 saturated heterocycles. The average molecular weight is 547 g/mol. The van der Waals surface area contributed by atoms with E-state index in [1.165, 1.54) is 31.4 Å². The van der Waals surface area contributed by atoms with Crippen molar-refractivity contribution in [3.63, 3.8) is 0 Å². The van der Waals surface area contributed by atoms with Gasteiger partial charge in [-0.1, -0.05) is 30.7 Å². The van der Waals surface area contributed by atoms with Crippen LogP contribution in [0, 0.1) is 0 Å². The Bertz CT molecular complexity index is 1510. The zero-order valence-corrected chi connectivity index (χ0v) is 23.0. The minimum atomic E-state index is -3.74. The number of primary sulfonamides is 1. The molecule has 8 heteroatoms. The Morgan fingerprint density at radius 1 is 0.821 bits per heavy atom.